The molecule has 5 atom stereocenters. The largest absolute Gasteiger partial charge is 0.393 e. The minimum Gasteiger partial charge on any atom is -0.393 e. The fraction of sp³-hybridized carbons (Fsp3) is 0.923. The molecule has 1 amide bonds. The number of aliphatic hydroxyl groups excluding tert-OH is 2. The molecular weight excluding hydrogens is 280 g/mol. The van der Waals surface area contributed by atoms with Crippen molar-refractivity contribution in [3.63, 3.8) is 0 Å². The Hall–Kier alpha value is -0.770. The molecule has 0 aliphatic carbocycles. The molecule has 2 aliphatic heterocycles. The maximum atomic E-state index is 11.3. The summed E-state index contributed by atoms with van der Waals surface area (Å²) in [6.07, 6.45) is -2.28. The second kappa shape index (κ2) is 5.79. The van der Waals surface area contributed by atoms with Gasteiger partial charge in [-0.05, 0) is 26.8 Å². The standard InChI is InChI=1S/C13H24N2O6/c1-7(17)15-8-9-10(20-12(2,3)19-9)13(6-16,4-5-14)21-11(8)18/h8-11,16,18H,4-6,14H2,1-3H3,(H,15,17)/t8-,9?,10?,11?,13?/m0/s1. The molecule has 0 aromatic heterocycles. The van der Waals surface area contributed by atoms with Crippen molar-refractivity contribution in [2.24, 2.45) is 5.73 Å². The molecule has 0 aromatic carbocycles. The van der Waals surface area contributed by atoms with E-state index in [0.29, 0.717) is 6.42 Å². The maximum Gasteiger partial charge on any atom is 0.217 e. The zero-order valence-electron chi connectivity index (χ0n) is 12.5. The number of carbonyl (C=O) groups is 1. The van der Waals surface area contributed by atoms with Gasteiger partial charge in [-0.2, -0.15) is 0 Å². The van der Waals surface area contributed by atoms with Crippen LogP contribution in [-0.4, -0.2) is 65.2 Å². The van der Waals surface area contributed by atoms with Crippen molar-refractivity contribution in [1.29, 1.82) is 0 Å². The van der Waals surface area contributed by atoms with E-state index in [1.807, 2.05) is 0 Å². The minimum atomic E-state index is -1.31. The van der Waals surface area contributed by atoms with Crippen LogP contribution in [0, 0.1) is 0 Å². The highest BCUT2D eigenvalue weighted by Crippen LogP contribution is 2.43. The average Bonchev–Trinajstić information content (AvgIpc) is 2.70. The van der Waals surface area contributed by atoms with Crippen LogP contribution < -0.4 is 11.1 Å². The molecule has 2 rings (SSSR count). The molecule has 5 N–H and O–H groups in total. The number of hydrogen-bond donors (Lipinski definition) is 4. The van der Waals surface area contributed by atoms with Crippen molar-refractivity contribution in [2.75, 3.05) is 13.2 Å². The quantitative estimate of drug-likeness (QED) is 0.495. The number of nitrogens with one attached hydrogen (secondary N) is 1. The third-order valence-electron chi connectivity index (χ3n) is 3.87. The summed E-state index contributed by atoms with van der Waals surface area (Å²) in [4.78, 5) is 11.3. The molecule has 8 nitrogen and oxygen atoms in total. The molecule has 8 heteroatoms. The molecule has 122 valence electrons. The van der Waals surface area contributed by atoms with E-state index in [1.165, 1.54) is 6.92 Å². The van der Waals surface area contributed by atoms with Gasteiger partial charge >= 0.3 is 0 Å². The smallest absolute Gasteiger partial charge is 0.217 e. The second-order valence-corrected chi connectivity index (χ2v) is 6.02. The lowest BCUT2D eigenvalue weighted by atomic mass is 9.83. The van der Waals surface area contributed by atoms with Crippen LogP contribution in [0.15, 0.2) is 0 Å². The Morgan fingerprint density at radius 1 is 1.33 bits per heavy atom. The molecule has 0 spiro atoms. The molecule has 2 aliphatic rings. The Balaban J connectivity index is 2.33. The van der Waals surface area contributed by atoms with Crippen LogP contribution in [0.5, 0.6) is 0 Å². The van der Waals surface area contributed by atoms with Gasteiger partial charge in [0.1, 0.15) is 23.9 Å². The Labute approximate surface area is 123 Å². The topological polar surface area (TPSA) is 123 Å². The number of nitrogens with two attached hydrogens (primary N) is 1. The summed E-state index contributed by atoms with van der Waals surface area (Å²) in [5.74, 6) is -1.22. The number of rotatable bonds is 4. The molecule has 0 aromatic rings. The van der Waals surface area contributed by atoms with Gasteiger partial charge in [0.15, 0.2) is 12.1 Å². The van der Waals surface area contributed by atoms with Crippen LogP contribution in [0.25, 0.3) is 0 Å². The van der Waals surface area contributed by atoms with Gasteiger partial charge in [0.2, 0.25) is 5.91 Å². The third-order valence-corrected chi connectivity index (χ3v) is 3.87. The van der Waals surface area contributed by atoms with E-state index in [9.17, 15) is 15.0 Å². The van der Waals surface area contributed by atoms with Gasteiger partial charge < -0.3 is 35.5 Å². The predicted octanol–water partition coefficient (Wildman–Crippen LogP) is -1.56. The van der Waals surface area contributed by atoms with Gasteiger partial charge in [-0.25, -0.2) is 0 Å². The summed E-state index contributed by atoms with van der Waals surface area (Å²) in [6, 6.07) is -0.772. The van der Waals surface area contributed by atoms with Gasteiger partial charge in [0.25, 0.3) is 0 Å². The van der Waals surface area contributed by atoms with Crippen molar-refractivity contribution in [3.05, 3.63) is 0 Å². The first kappa shape index (κ1) is 16.6. The summed E-state index contributed by atoms with van der Waals surface area (Å²) in [6.45, 7) is 4.69. The van der Waals surface area contributed by atoms with Crippen LogP contribution >= 0.6 is 0 Å². The van der Waals surface area contributed by atoms with E-state index in [-0.39, 0.29) is 19.1 Å². The SMILES string of the molecule is CC(=O)N[C@@H]1C(O)OC(CO)(CCN)C2OC(C)(C)OC21. The van der Waals surface area contributed by atoms with Gasteiger partial charge in [-0.15, -0.1) is 0 Å². The van der Waals surface area contributed by atoms with Gasteiger partial charge in [0.05, 0.1) is 6.61 Å². The van der Waals surface area contributed by atoms with Crippen molar-refractivity contribution >= 4 is 5.91 Å². The third kappa shape index (κ3) is 3.05. The number of ether oxygens (including phenoxy) is 3. The number of amides is 1. The fourth-order valence-electron chi connectivity index (χ4n) is 3.04. The van der Waals surface area contributed by atoms with Crippen LogP contribution in [0.3, 0.4) is 0 Å². The highest BCUT2D eigenvalue weighted by molar-refractivity contribution is 5.73. The lowest BCUT2D eigenvalue weighted by Gasteiger charge is -2.47. The zero-order valence-corrected chi connectivity index (χ0v) is 12.5. The van der Waals surface area contributed by atoms with Crippen molar-refractivity contribution in [3.8, 4) is 0 Å². The lowest BCUT2D eigenvalue weighted by molar-refractivity contribution is -0.283. The number of fused-ring (bicyclic) bond motifs is 1. The Morgan fingerprint density at radius 2 is 2.00 bits per heavy atom. The van der Waals surface area contributed by atoms with Gasteiger partial charge in [0, 0.05) is 6.92 Å². The van der Waals surface area contributed by atoms with Crippen LogP contribution in [0.4, 0.5) is 0 Å². The Kier molecular flexibility index (Phi) is 4.57. The van der Waals surface area contributed by atoms with E-state index in [2.05, 4.69) is 5.32 Å². The monoisotopic (exact) mass is 304 g/mol. The van der Waals surface area contributed by atoms with Crippen LogP contribution in [-0.2, 0) is 19.0 Å². The van der Waals surface area contributed by atoms with Crippen molar-refractivity contribution in [2.45, 2.75) is 63.1 Å². The molecular formula is C13H24N2O6. The highest BCUT2D eigenvalue weighted by atomic mass is 16.8. The zero-order chi connectivity index (χ0) is 15.8. The van der Waals surface area contributed by atoms with Crippen LogP contribution in [0.1, 0.15) is 27.2 Å². The van der Waals surface area contributed by atoms with E-state index >= 15 is 0 Å². The first-order valence-corrected chi connectivity index (χ1v) is 7.04. The van der Waals surface area contributed by atoms with E-state index in [4.69, 9.17) is 19.9 Å². The highest BCUT2D eigenvalue weighted by Gasteiger charge is 2.61. The molecule has 0 bridgehead atoms. The molecule has 2 fully saturated rings. The van der Waals surface area contributed by atoms with Crippen molar-refractivity contribution in [1.82, 2.24) is 5.32 Å². The molecule has 0 radical (unpaired) electrons. The summed E-state index contributed by atoms with van der Waals surface area (Å²) in [7, 11) is 0. The first-order chi connectivity index (χ1) is 9.74. The molecule has 4 unspecified atom stereocenters. The Morgan fingerprint density at radius 3 is 2.52 bits per heavy atom. The van der Waals surface area contributed by atoms with Gasteiger partial charge in [-0.3, -0.25) is 4.79 Å². The number of hydrogen-bond acceptors (Lipinski definition) is 7. The summed E-state index contributed by atoms with van der Waals surface area (Å²) in [5.41, 5.74) is 4.44. The van der Waals surface area contributed by atoms with Gasteiger partial charge in [-0.1, -0.05) is 0 Å². The van der Waals surface area contributed by atoms with E-state index < -0.39 is 35.9 Å². The maximum absolute atomic E-state index is 11.3. The number of aliphatic hydroxyl groups is 2. The molecule has 0 saturated carbocycles. The lowest BCUT2D eigenvalue weighted by Crippen LogP contribution is -2.68. The molecule has 21 heavy (non-hydrogen) atoms. The summed E-state index contributed by atoms with van der Waals surface area (Å²) in [5, 5.41) is 22.6. The first-order valence-electron chi connectivity index (χ1n) is 7.04. The van der Waals surface area contributed by atoms with Crippen LogP contribution in [0.2, 0.25) is 0 Å². The molecule has 2 saturated heterocycles. The Bertz CT molecular complexity index is 404. The summed E-state index contributed by atoms with van der Waals surface area (Å²) >= 11 is 0. The molecule has 2 heterocycles. The summed E-state index contributed by atoms with van der Waals surface area (Å²) < 4.78 is 17.2. The number of carbonyl (C=O) groups excluding carboxylic acids is 1. The average molecular weight is 304 g/mol. The predicted molar refractivity (Wildman–Crippen MR) is 72.0 cm³/mol. The fourth-order valence-corrected chi connectivity index (χ4v) is 3.04. The van der Waals surface area contributed by atoms with E-state index in [0.717, 1.165) is 0 Å². The van der Waals surface area contributed by atoms with Crippen molar-refractivity contribution < 1.29 is 29.2 Å². The normalized spacial score (nSPS) is 41.6. The minimum absolute atomic E-state index is 0.255. The van der Waals surface area contributed by atoms with E-state index in [1.54, 1.807) is 13.8 Å². The second-order valence-electron chi connectivity index (χ2n) is 6.02.